The van der Waals surface area contributed by atoms with Gasteiger partial charge in [0.2, 0.25) is 0 Å². The van der Waals surface area contributed by atoms with E-state index >= 15 is 0 Å². The van der Waals surface area contributed by atoms with Crippen molar-refractivity contribution < 1.29 is 24.1 Å². The van der Waals surface area contributed by atoms with E-state index < -0.39 is 12.1 Å². The summed E-state index contributed by atoms with van der Waals surface area (Å²) in [6.07, 6.45) is 1.76. The lowest BCUT2D eigenvalue weighted by Gasteiger charge is -2.38. The molecule has 3 rings (SSSR count). The molecule has 3 atom stereocenters. The van der Waals surface area contributed by atoms with Gasteiger partial charge in [0, 0.05) is 44.4 Å². The number of halogens is 1. The molecule has 0 aromatic heterocycles. The Morgan fingerprint density at radius 1 is 1.28 bits per heavy atom. The van der Waals surface area contributed by atoms with E-state index in [-0.39, 0.29) is 12.1 Å². The van der Waals surface area contributed by atoms with Gasteiger partial charge in [-0.1, -0.05) is 23.7 Å². The fourth-order valence-corrected chi connectivity index (χ4v) is 4.04. The highest BCUT2D eigenvalue weighted by atomic mass is 35.5. The van der Waals surface area contributed by atoms with Crippen LogP contribution in [0.4, 0.5) is 0 Å². The molecule has 8 heteroatoms. The van der Waals surface area contributed by atoms with Crippen molar-refractivity contribution in [1.29, 1.82) is 0 Å². The minimum atomic E-state index is -0.532. The molecule has 0 spiro atoms. The van der Waals surface area contributed by atoms with Gasteiger partial charge in [-0.3, -0.25) is 9.80 Å². The number of nitrogens with zero attached hydrogens (tertiary/aromatic N) is 2. The number of piperazine rings is 1. The van der Waals surface area contributed by atoms with Crippen molar-refractivity contribution in [3.05, 3.63) is 34.9 Å². The number of hydrogen-bond donors (Lipinski definition) is 1. The third-order valence-electron chi connectivity index (χ3n) is 5.49. The van der Waals surface area contributed by atoms with Crippen LogP contribution in [0, 0.1) is 0 Å². The van der Waals surface area contributed by atoms with E-state index in [1.807, 2.05) is 12.1 Å². The molecule has 2 saturated heterocycles. The zero-order valence-electron chi connectivity index (χ0n) is 17.0. The number of benzene rings is 1. The van der Waals surface area contributed by atoms with Crippen molar-refractivity contribution in [2.45, 2.75) is 31.1 Å². The van der Waals surface area contributed by atoms with Gasteiger partial charge in [-0.15, -0.1) is 0 Å². The third kappa shape index (κ3) is 6.64. The molecule has 0 amide bonds. The highest BCUT2D eigenvalue weighted by Crippen LogP contribution is 2.25. The van der Waals surface area contributed by atoms with Gasteiger partial charge in [-0.25, -0.2) is 4.79 Å². The van der Waals surface area contributed by atoms with E-state index in [4.69, 9.17) is 25.8 Å². The molecule has 0 saturated carbocycles. The number of methoxy groups -OCH3 is 1. The largest absolute Gasteiger partial charge is 0.468 e. The predicted octanol–water partition coefficient (Wildman–Crippen LogP) is 1.73. The van der Waals surface area contributed by atoms with Gasteiger partial charge in [-0.2, -0.15) is 0 Å². The maximum atomic E-state index is 12.4. The number of rotatable bonds is 9. The molecule has 2 heterocycles. The van der Waals surface area contributed by atoms with Gasteiger partial charge in [0.25, 0.3) is 0 Å². The summed E-state index contributed by atoms with van der Waals surface area (Å²) in [7, 11) is 1.41. The first-order valence-corrected chi connectivity index (χ1v) is 10.6. The first-order chi connectivity index (χ1) is 14.1. The van der Waals surface area contributed by atoms with Crippen molar-refractivity contribution in [3.8, 4) is 0 Å². The van der Waals surface area contributed by atoms with Crippen LogP contribution < -0.4 is 0 Å². The quantitative estimate of drug-likeness (QED) is 0.603. The van der Waals surface area contributed by atoms with E-state index in [0.717, 1.165) is 38.1 Å². The highest BCUT2D eigenvalue weighted by Gasteiger charge is 2.31. The number of aliphatic hydroxyl groups is 1. The fourth-order valence-electron chi connectivity index (χ4n) is 3.92. The summed E-state index contributed by atoms with van der Waals surface area (Å²) in [5, 5.41) is 10.9. The molecule has 0 radical (unpaired) electrons. The Balaban J connectivity index is 1.45. The number of aliphatic hydroxyl groups excluding tert-OH is 1. The van der Waals surface area contributed by atoms with Crippen LogP contribution >= 0.6 is 11.6 Å². The predicted molar refractivity (Wildman–Crippen MR) is 110 cm³/mol. The summed E-state index contributed by atoms with van der Waals surface area (Å²) >= 11 is 5.98. The SMILES string of the molecule is COC(=O)[C@H](c1ccc(Cl)cc1)N1CCN(C[C@@H](O)COC[C@H]2CCCO2)CC1. The Labute approximate surface area is 177 Å². The lowest BCUT2D eigenvalue weighted by atomic mass is 10.0. The number of β-amino-alcohol motifs (C(OH)–C–C–N with tert-alkyl or cyclic N) is 1. The van der Waals surface area contributed by atoms with Crippen molar-refractivity contribution in [2.24, 2.45) is 0 Å². The van der Waals surface area contributed by atoms with Crippen molar-refractivity contribution in [1.82, 2.24) is 9.80 Å². The number of ether oxygens (including phenoxy) is 3. The molecule has 2 fully saturated rings. The molecule has 7 nitrogen and oxygen atoms in total. The van der Waals surface area contributed by atoms with Gasteiger partial charge < -0.3 is 19.3 Å². The number of hydrogen-bond acceptors (Lipinski definition) is 7. The van der Waals surface area contributed by atoms with E-state index in [0.29, 0.717) is 37.9 Å². The van der Waals surface area contributed by atoms with E-state index in [9.17, 15) is 9.90 Å². The maximum Gasteiger partial charge on any atom is 0.327 e. The van der Waals surface area contributed by atoms with Crippen LogP contribution in [-0.4, -0.2) is 92.7 Å². The van der Waals surface area contributed by atoms with E-state index in [1.165, 1.54) is 7.11 Å². The fraction of sp³-hybridized carbons (Fsp3) is 0.667. The molecule has 2 aliphatic rings. The lowest BCUT2D eigenvalue weighted by Crippen LogP contribution is -2.51. The average Bonchev–Trinajstić information content (AvgIpc) is 3.24. The molecule has 29 heavy (non-hydrogen) atoms. The molecule has 0 unspecified atom stereocenters. The smallest absolute Gasteiger partial charge is 0.327 e. The Morgan fingerprint density at radius 2 is 2.00 bits per heavy atom. The Kier molecular flexibility index (Phi) is 8.71. The molecular formula is C21H31ClN2O5. The van der Waals surface area contributed by atoms with Gasteiger partial charge in [-0.05, 0) is 30.5 Å². The van der Waals surface area contributed by atoms with Crippen molar-refractivity contribution >= 4 is 17.6 Å². The Morgan fingerprint density at radius 3 is 2.62 bits per heavy atom. The molecule has 1 N–H and O–H groups in total. The Bertz CT molecular complexity index is 630. The Hall–Kier alpha value is -1.22. The zero-order chi connectivity index (χ0) is 20.6. The number of esters is 1. The normalized spacial score (nSPS) is 23.1. The van der Waals surface area contributed by atoms with Crippen LogP contribution in [0.1, 0.15) is 24.4 Å². The molecule has 2 aliphatic heterocycles. The topological polar surface area (TPSA) is 71.5 Å². The van der Waals surface area contributed by atoms with Gasteiger partial charge >= 0.3 is 5.97 Å². The van der Waals surface area contributed by atoms with Crippen LogP contribution in [-0.2, 0) is 19.0 Å². The van der Waals surface area contributed by atoms with Crippen LogP contribution in [0.25, 0.3) is 0 Å². The lowest BCUT2D eigenvalue weighted by molar-refractivity contribution is -0.148. The zero-order valence-corrected chi connectivity index (χ0v) is 17.7. The second kappa shape index (κ2) is 11.2. The van der Waals surface area contributed by atoms with Crippen LogP contribution in [0.15, 0.2) is 24.3 Å². The first kappa shape index (κ1) is 22.5. The second-order valence-corrected chi connectivity index (χ2v) is 8.08. The maximum absolute atomic E-state index is 12.4. The van der Waals surface area contributed by atoms with Gasteiger partial charge in [0.05, 0.1) is 32.5 Å². The van der Waals surface area contributed by atoms with Crippen LogP contribution in [0.3, 0.4) is 0 Å². The average molecular weight is 427 g/mol. The summed E-state index contributed by atoms with van der Waals surface area (Å²) in [5.41, 5.74) is 0.872. The van der Waals surface area contributed by atoms with Gasteiger partial charge in [0.15, 0.2) is 0 Å². The monoisotopic (exact) mass is 426 g/mol. The number of carbonyl (C=O) groups excluding carboxylic acids is 1. The van der Waals surface area contributed by atoms with Gasteiger partial charge in [0.1, 0.15) is 6.04 Å². The summed E-state index contributed by atoms with van der Waals surface area (Å²) < 4.78 is 16.2. The second-order valence-electron chi connectivity index (χ2n) is 7.64. The standard InChI is InChI=1S/C21H31ClN2O5/c1-27-21(26)20(16-4-6-17(22)7-5-16)24-10-8-23(9-11-24)13-18(25)14-28-15-19-3-2-12-29-19/h4-7,18-20,25H,2-3,8-15H2,1H3/t18-,19-,20+/m1/s1. The summed E-state index contributed by atoms with van der Waals surface area (Å²) in [6, 6.07) is 6.86. The van der Waals surface area contributed by atoms with E-state index in [2.05, 4.69) is 9.80 Å². The molecule has 0 aliphatic carbocycles. The first-order valence-electron chi connectivity index (χ1n) is 10.2. The summed E-state index contributed by atoms with van der Waals surface area (Å²) in [6.45, 7) is 5.19. The van der Waals surface area contributed by atoms with Crippen LogP contribution in [0.2, 0.25) is 5.02 Å². The van der Waals surface area contributed by atoms with Crippen molar-refractivity contribution in [3.63, 3.8) is 0 Å². The minimum Gasteiger partial charge on any atom is -0.468 e. The highest BCUT2D eigenvalue weighted by molar-refractivity contribution is 6.30. The molecule has 162 valence electrons. The van der Waals surface area contributed by atoms with E-state index in [1.54, 1.807) is 12.1 Å². The molecule has 1 aromatic rings. The number of carbonyl (C=O) groups is 1. The van der Waals surface area contributed by atoms with Crippen molar-refractivity contribution in [2.75, 3.05) is 59.7 Å². The van der Waals surface area contributed by atoms with Crippen LogP contribution in [0.5, 0.6) is 0 Å². The molecule has 1 aromatic carbocycles. The summed E-state index contributed by atoms with van der Waals surface area (Å²) in [5.74, 6) is -0.275. The molecular weight excluding hydrogens is 396 g/mol. The minimum absolute atomic E-state index is 0.175. The third-order valence-corrected chi connectivity index (χ3v) is 5.74. The summed E-state index contributed by atoms with van der Waals surface area (Å²) in [4.78, 5) is 16.7. The molecule has 0 bridgehead atoms.